The standard InChI is InChI=1S/C48H28N4/c1-4-13-38-33(10-1)34-11-2-5-14-39(34)48(38)40-15-6-3-12-35(40)36-23-20-31(27-41(36)48)32-21-24-37-43(28-32)51-52-44(37)16-7-17-45(52)42-25-22-30-19-18-29-9-8-26-49-46(29)47(30)50-42/h1-28H. The third-order valence-corrected chi connectivity index (χ3v) is 11.5. The van der Waals surface area contributed by atoms with Gasteiger partial charge in [0.2, 0.25) is 0 Å². The van der Waals surface area contributed by atoms with Crippen molar-refractivity contribution in [3.63, 3.8) is 0 Å². The maximum atomic E-state index is 5.22. The minimum atomic E-state index is -0.370. The van der Waals surface area contributed by atoms with Gasteiger partial charge in [0, 0.05) is 22.4 Å². The Morgan fingerprint density at radius 2 is 1.10 bits per heavy atom. The van der Waals surface area contributed by atoms with Crippen molar-refractivity contribution in [3.05, 3.63) is 192 Å². The second kappa shape index (κ2) is 10.1. The summed E-state index contributed by atoms with van der Waals surface area (Å²) < 4.78 is 2.04. The fourth-order valence-electron chi connectivity index (χ4n) is 9.27. The van der Waals surface area contributed by atoms with E-state index in [1.165, 1.54) is 50.1 Å². The molecule has 12 rings (SSSR count). The molecule has 1 spiro atoms. The summed E-state index contributed by atoms with van der Waals surface area (Å²) in [6.45, 7) is 0. The Hall–Kier alpha value is -6.91. The van der Waals surface area contributed by atoms with Crippen LogP contribution in [0.3, 0.4) is 0 Å². The molecule has 0 saturated heterocycles. The molecule has 52 heavy (non-hydrogen) atoms. The molecule has 0 N–H and O–H groups in total. The summed E-state index contributed by atoms with van der Waals surface area (Å²) in [6, 6.07) is 59.5. The van der Waals surface area contributed by atoms with Gasteiger partial charge in [0.05, 0.1) is 38.9 Å². The van der Waals surface area contributed by atoms with Crippen LogP contribution in [0, 0.1) is 0 Å². The Balaban J connectivity index is 1.04. The van der Waals surface area contributed by atoms with Gasteiger partial charge in [-0.15, -0.1) is 0 Å². The zero-order valence-electron chi connectivity index (χ0n) is 28.0. The van der Waals surface area contributed by atoms with E-state index in [0.717, 1.165) is 55.2 Å². The van der Waals surface area contributed by atoms with E-state index in [1.54, 1.807) is 0 Å². The molecule has 0 unspecified atom stereocenters. The van der Waals surface area contributed by atoms with Gasteiger partial charge in [-0.1, -0.05) is 121 Å². The predicted octanol–water partition coefficient (Wildman–Crippen LogP) is 11.3. The third kappa shape index (κ3) is 3.53. The normalized spacial score (nSPS) is 13.5. The first-order valence-electron chi connectivity index (χ1n) is 17.8. The van der Waals surface area contributed by atoms with Crippen LogP contribution in [0.25, 0.3) is 83.0 Å². The van der Waals surface area contributed by atoms with Gasteiger partial charge in [-0.3, -0.25) is 4.98 Å². The molecular weight excluding hydrogens is 633 g/mol. The van der Waals surface area contributed by atoms with Crippen LogP contribution in [0.2, 0.25) is 0 Å². The number of hydrogen-bond acceptors (Lipinski definition) is 3. The van der Waals surface area contributed by atoms with Gasteiger partial charge in [-0.25, -0.2) is 9.50 Å². The SMILES string of the molecule is c1ccc2c(c1)-c1ccccc1C21c2ccccc2-c2ccc(-c3ccc4c(c3)nn3c(-c5ccc6ccc7cccnc7c6n5)cccc43)cc21. The lowest BCUT2D eigenvalue weighted by Gasteiger charge is -2.30. The fourth-order valence-corrected chi connectivity index (χ4v) is 9.27. The molecule has 0 radical (unpaired) electrons. The van der Waals surface area contributed by atoms with Gasteiger partial charge >= 0.3 is 0 Å². The Morgan fingerprint density at radius 3 is 1.85 bits per heavy atom. The maximum Gasteiger partial charge on any atom is 0.0972 e. The molecule has 10 aromatic rings. The summed E-state index contributed by atoms with van der Waals surface area (Å²) in [5.41, 5.74) is 18.2. The van der Waals surface area contributed by atoms with Crippen molar-refractivity contribution in [3.8, 4) is 44.8 Å². The van der Waals surface area contributed by atoms with E-state index in [-0.39, 0.29) is 5.41 Å². The summed E-state index contributed by atoms with van der Waals surface area (Å²) in [4.78, 5) is 9.83. The molecule has 6 aromatic carbocycles. The molecule has 0 fully saturated rings. The second-order valence-electron chi connectivity index (χ2n) is 14.0. The topological polar surface area (TPSA) is 43.1 Å². The Morgan fingerprint density at radius 1 is 0.462 bits per heavy atom. The van der Waals surface area contributed by atoms with Gasteiger partial charge in [0.25, 0.3) is 0 Å². The monoisotopic (exact) mass is 660 g/mol. The molecule has 0 amide bonds. The third-order valence-electron chi connectivity index (χ3n) is 11.5. The van der Waals surface area contributed by atoms with E-state index in [1.807, 2.05) is 16.8 Å². The van der Waals surface area contributed by atoms with Crippen molar-refractivity contribution in [2.45, 2.75) is 5.41 Å². The number of fused-ring (bicyclic) bond motifs is 16. The average molecular weight is 661 g/mol. The Bertz CT molecular complexity index is 3090. The van der Waals surface area contributed by atoms with Crippen molar-refractivity contribution < 1.29 is 0 Å². The highest BCUT2D eigenvalue weighted by Gasteiger charge is 2.51. The van der Waals surface area contributed by atoms with Crippen molar-refractivity contribution in [1.82, 2.24) is 19.6 Å². The van der Waals surface area contributed by atoms with E-state index in [2.05, 4.69) is 163 Å². The van der Waals surface area contributed by atoms with Crippen LogP contribution < -0.4 is 0 Å². The first-order valence-corrected chi connectivity index (χ1v) is 17.8. The quantitative estimate of drug-likeness (QED) is 0.173. The number of pyridine rings is 3. The fraction of sp³-hybridized carbons (Fsp3) is 0.0208. The van der Waals surface area contributed by atoms with Gasteiger partial charge in [-0.2, -0.15) is 5.10 Å². The Labute approximate surface area is 299 Å². The molecule has 0 aliphatic heterocycles. The van der Waals surface area contributed by atoms with Gasteiger partial charge in [0.15, 0.2) is 0 Å². The number of rotatable bonds is 2. The molecule has 2 aliphatic carbocycles. The number of nitrogens with zero attached hydrogens (tertiary/aromatic N) is 4. The van der Waals surface area contributed by atoms with Crippen molar-refractivity contribution in [1.29, 1.82) is 0 Å². The van der Waals surface area contributed by atoms with E-state index in [9.17, 15) is 0 Å². The highest BCUT2D eigenvalue weighted by atomic mass is 15.2. The van der Waals surface area contributed by atoms with Crippen LogP contribution in [0.15, 0.2) is 170 Å². The molecule has 4 heteroatoms. The van der Waals surface area contributed by atoms with Crippen LogP contribution in [0.4, 0.5) is 0 Å². The second-order valence-corrected chi connectivity index (χ2v) is 14.0. The zero-order valence-corrected chi connectivity index (χ0v) is 28.0. The largest absolute Gasteiger partial charge is 0.254 e. The van der Waals surface area contributed by atoms with Gasteiger partial charge < -0.3 is 0 Å². The number of aromatic nitrogens is 4. The molecule has 240 valence electrons. The van der Waals surface area contributed by atoms with Crippen LogP contribution in [-0.4, -0.2) is 19.6 Å². The lowest BCUT2D eigenvalue weighted by Crippen LogP contribution is -2.25. The molecule has 0 atom stereocenters. The van der Waals surface area contributed by atoms with E-state index in [4.69, 9.17) is 10.1 Å². The maximum absolute atomic E-state index is 5.22. The average Bonchev–Trinajstić information content (AvgIpc) is 3.84. The van der Waals surface area contributed by atoms with Crippen molar-refractivity contribution in [2.75, 3.05) is 0 Å². The number of hydrogen-bond donors (Lipinski definition) is 0. The minimum absolute atomic E-state index is 0.370. The molecule has 4 aromatic heterocycles. The summed E-state index contributed by atoms with van der Waals surface area (Å²) in [7, 11) is 0. The van der Waals surface area contributed by atoms with Crippen LogP contribution >= 0.6 is 0 Å². The first-order chi connectivity index (χ1) is 25.8. The molecular formula is C48H28N4. The lowest BCUT2D eigenvalue weighted by molar-refractivity contribution is 0.794. The molecule has 4 nitrogen and oxygen atoms in total. The summed E-state index contributed by atoms with van der Waals surface area (Å²) in [5.74, 6) is 0. The summed E-state index contributed by atoms with van der Waals surface area (Å²) in [6.07, 6.45) is 1.83. The van der Waals surface area contributed by atoms with E-state index < -0.39 is 0 Å². The highest BCUT2D eigenvalue weighted by molar-refractivity contribution is 6.04. The molecule has 2 aliphatic rings. The first kappa shape index (κ1) is 27.9. The van der Waals surface area contributed by atoms with Crippen LogP contribution in [0.1, 0.15) is 22.3 Å². The van der Waals surface area contributed by atoms with Gasteiger partial charge in [-0.05, 0) is 98.1 Å². The summed E-state index contributed by atoms with van der Waals surface area (Å²) >= 11 is 0. The predicted molar refractivity (Wildman–Crippen MR) is 210 cm³/mol. The lowest BCUT2D eigenvalue weighted by atomic mass is 9.70. The zero-order chi connectivity index (χ0) is 34.0. The highest BCUT2D eigenvalue weighted by Crippen LogP contribution is 2.63. The summed E-state index contributed by atoms with van der Waals surface area (Å²) in [5, 5.41) is 8.48. The van der Waals surface area contributed by atoms with Crippen molar-refractivity contribution >= 4 is 38.2 Å². The Kier molecular flexibility index (Phi) is 5.40. The number of benzene rings is 6. The van der Waals surface area contributed by atoms with Crippen LogP contribution in [-0.2, 0) is 5.41 Å². The molecule has 0 bridgehead atoms. The smallest absolute Gasteiger partial charge is 0.0972 e. The van der Waals surface area contributed by atoms with Gasteiger partial charge in [0.1, 0.15) is 0 Å². The molecule has 0 saturated carbocycles. The van der Waals surface area contributed by atoms with E-state index in [0.29, 0.717) is 0 Å². The van der Waals surface area contributed by atoms with Crippen molar-refractivity contribution in [2.24, 2.45) is 0 Å². The molecule has 4 heterocycles. The van der Waals surface area contributed by atoms with E-state index >= 15 is 0 Å². The van der Waals surface area contributed by atoms with Crippen LogP contribution in [0.5, 0.6) is 0 Å². The minimum Gasteiger partial charge on any atom is -0.254 e.